The molecule has 41 heavy (non-hydrogen) atoms. The summed E-state index contributed by atoms with van der Waals surface area (Å²) in [6, 6.07) is 20.6. The number of anilines is 1. The maximum absolute atomic E-state index is 13.7. The van der Waals surface area contributed by atoms with Crippen molar-refractivity contribution in [3.8, 4) is 11.4 Å². The van der Waals surface area contributed by atoms with Crippen molar-refractivity contribution in [2.24, 2.45) is 12.5 Å². The summed E-state index contributed by atoms with van der Waals surface area (Å²) < 4.78 is 1.65. The molecule has 1 atom stereocenters. The lowest BCUT2D eigenvalue weighted by Gasteiger charge is -2.30. The molecule has 1 aliphatic rings. The summed E-state index contributed by atoms with van der Waals surface area (Å²) in [5, 5.41) is 18.5. The van der Waals surface area contributed by atoms with Crippen LogP contribution in [0.2, 0.25) is 10.0 Å². The molecule has 10 heteroatoms. The van der Waals surface area contributed by atoms with Crippen LogP contribution in [-0.4, -0.2) is 38.1 Å². The number of aromatic nitrogens is 4. The number of carbonyl (C=O) groups is 2. The molecule has 1 saturated carbocycles. The molecule has 5 rings (SSSR count). The van der Waals surface area contributed by atoms with Crippen molar-refractivity contribution in [1.82, 2.24) is 25.5 Å². The zero-order valence-corrected chi connectivity index (χ0v) is 24.5. The quantitative estimate of drug-likeness (QED) is 0.238. The topological polar surface area (TPSA) is 102 Å². The number of hydrogen-bond donors (Lipinski definition) is 2. The summed E-state index contributed by atoms with van der Waals surface area (Å²) in [6.07, 6.45) is 5.16. The molecule has 212 valence electrons. The second-order valence-electron chi connectivity index (χ2n) is 10.8. The standard InChI is InChI=1S/C31H32Cl2N6O2/c1-20(17-21-11-13-24(14-12-21)35-29(40)27-25(32)9-6-10-26(27)33)34-30(41)31(15-3-4-16-31)19-22-7-5-8-23(18-22)28-36-37-38-39(28)2/h5-14,18,20H,3-4,15-17,19H2,1-2H3,(H,34,41)(H,35,40). The SMILES string of the molecule is CC(Cc1ccc(NC(=O)c2c(Cl)cccc2Cl)cc1)NC(=O)C1(Cc2cccc(-c3nnnn3C)c2)CCCC1. The second kappa shape index (κ2) is 12.4. The Bertz CT molecular complexity index is 1530. The Kier molecular flexibility index (Phi) is 8.71. The number of halogens is 2. The number of tetrazole rings is 1. The average molecular weight is 592 g/mol. The van der Waals surface area contributed by atoms with Crippen LogP contribution in [0.4, 0.5) is 5.69 Å². The van der Waals surface area contributed by atoms with Crippen molar-refractivity contribution in [2.75, 3.05) is 5.32 Å². The van der Waals surface area contributed by atoms with Gasteiger partial charge in [0.15, 0.2) is 5.82 Å². The van der Waals surface area contributed by atoms with Crippen LogP contribution >= 0.6 is 23.2 Å². The number of benzene rings is 3. The van der Waals surface area contributed by atoms with Gasteiger partial charge < -0.3 is 10.6 Å². The molecular weight excluding hydrogens is 559 g/mol. The number of nitrogens with zero attached hydrogens (tertiary/aromatic N) is 4. The highest BCUT2D eigenvalue weighted by Gasteiger charge is 2.41. The summed E-state index contributed by atoms with van der Waals surface area (Å²) in [4.78, 5) is 26.4. The van der Waals surface area contributed by atoms with Gasteiger partial charge in [0.05, 0.1) is 21.0 Å². The number of amides is 2. The van der Waals surface area contributed by atoms with E-state index in [9.17, 15) is 9.59 Å². The van der Waals surface area contributed by atoms with E-state index in [0.717, 1.165) is 42.4 Å². The molecule has 0 bridgehead atoms. The van der Waals surface area contributed by atoms with Gasteiger partial charge in [-0.25, -0.2) is 4.68 Å². The fourth-order valence-electron chi connectivity index (χ4n) is 5.63. The van der Waals surface area contributed by atoms with Crippen molar-refractivity contribution >= 4 is 40.7 Å². The van der Waals surface area contributed by atoms with Crippen LogP contribution < -0.4 is 10.6 Å². The van der Waals surface area contributed by atoms with Gasteiger partial charge in [-0.3, -0.25) is 9.59 Å². The Morgan fingerprint density at radius 3 is 2.32 bits per heavy atom. The molecule has 1 unspecified atom stereocenters. The van der Waals surface area contributed by atoms with Gasteiger partial charge in [0.1, 0.15) is 0 Å². The smallest absolute Gasteiger partial charge is 0.258 e. The van der Waals surface area contributed by atoms with Gasteiger partial charge >= 0.3 is 0 Å². The molecule has 2 amide bonds. The highest BCUT2D eigenvalue weighted by atomic mass is 35.5. The highest BCUT2D eigenvalue weighted by molar-refractivity contribution is 6.40. The molecule has 8 nitrogen and oxygen atoms in total. The minimum Gasteiger partial charge on any atom is -0.353 e. The first-order valence-electron chi connectivity index (χ1n) is 13.7. The predicted octanol–water partition coefficient (Wildman–Crippen LogP) is 6.29. The molecule has 0 saturated heterocycles. The zero-order chi connectivity index (χ0) is 29.0. The van der Waals surface area contributed by atoms with E-state index >= 15 is 0 Å². The molecule has 0 aliphatic heterocycles. The van der Waals surface area contributed by atoms with Gasteiger partial charge in [0.2, 0.25) is 5.91 Å². The molecule has 0 radical (unpaired) electrons. The Morgan fingerprint density at radius 1 is 0.976 bits per heavy atom. The van der Waals surface area contributed by atoms with E-state index < -0.39 is 5.41 Å². The van der Waals surface area contributed by atoms with Crippen molar-refractivity contribution in [2.45, 2.75) is 51.5 Å². The third kappa shape index (κ3) is 6.60. The number of carbonyl (C=O) groups excluding carboxylic acids is 2. The molecule has 1 aromatic heterocycles. The first-order valence-corrected chi connectivity index (χ1v) is 14.5. The molecular formula is C31H32Cl2N6O2. The van der Waals surface area contributed by atoms with Crippen molar-refractivity contribution in [1.29, 1.82) is 0 Å². The van der Waals surface area contributed by atoms with Crippen LogP contribution in [-0.2, 0) is 24.7 Å². The van der Waals surface area contributed by atoms with Crippen LogP contribution in [0, 0.1) is 5.41 Å². The molecule has 0 spiro atoms. The summed E-state index contributed by atoms with van der Waals surface area (Å²) >= 11 is 12.3. The maximum Gasteiger partial charge on any atom is 0.258 e. The lowest BCUT2D eigenvalue weighted by atomic mass is 9.78. The zero-order valence-electron chi connectivity index (χ0n) is 23.0. The molecule has 1 fully saturated rings. The molecule has 3 aromatic carbocycles. The first kappa shape index (κ1) is 28.8. The van der Waals surface area contributed by atoms with Crippen LogP contribution in [0.1, 0.15) is 54.1 Å². The summed E-state index contributed by atoms with van der Waals surface area (Å²) in [5.74, 6) is 0.437. The Balaban J connectivity index is 1.21. The van der Waals surface area contributed by atoms with Crippen molar-refractivity contribution in [3.63, 3.8) is 0 Å². The van der Waals surface area contributed by atoms with Gasteiger partial charge in [-0.1, -0.05) is 72.4 Å². The third-order valence-electron chi connectivity index (χ3n) is 7.71. The van der Waals surface area contributed by atoms with Gasteiger partial charge in [-0.2, -0.15) is 0 Å². The lowest BCUT2D eigenvalue weighted by Crippen LogP contribution is -2.45. The maximum atomic E-state index is 13.7. The van der Waals surface area contributed by atoms with Crippen LogP contribution in [0.5, 0.6) is 0 Å². The normalized spacial score (nSPS) is 14.9. The van der Waals surface area contributed by atoms with Crippen molar-refractivity contribution < 1.29 is 9.59 Å². The van der Waals surface area contributed by atoms with Gasteiger partial charge in [0, 0.05) is 24.3 Å². The summed E-state index contributed by atoms with van der Waals surface area (Å²) in [6.45, 7) is 2.03. The van der Waals surface area contributed by atoms with Crippen LogP contribution in [0.3, 0.4) is 0 Å². The first-order chi connectivity index (χ1) is 19.7. The van der Waals surface area contributed by atoms with E-state index in [1.54, 1.807) is 22.9 Å². The fourth-order valence-corrected chi connectivity index (χ4v) is 6.20. The predicted molar refractivity (Wildman–Crippen MR) is 161 cm³/mol. The second-order valence-corrected chi connectivity index (χ2v) is 11.6. The molecule has 4 aromatic rings. The highest BCUT2D eigenvalue weighted by Crippen LogP contribution is 2.42. The molecule has 2 N–H and O–H groups in total. The van der Waals surface area contributed by atoms with E-state index in [-0.39, 0.29) is 23.4 Å². The number of aryl methyl sites for hydroxylation is 1. The third-order valence-corrected chi connectivity index (χ3v) is 8.34. The largest absolute Gasteiger partial charge is 0.353 e. The van der Waals surface area contributed by atoms with Crippen LogP contribution in [0.15, 0.2) is 66.7 Å². The number of hydrogen-bond acceptors (Lipinski definition) is 5. The summed E-state index contributed by atoms with van der Waals surface area (Å²) in [7, 11) is 1.82. The Hall–Kier alpha value is -3.75. The minimum atomic E-state index is -0.431. The summed E-state index contributed by atoms with van der Waals surface area (Å²) in [5.41, 5.74) is 3.54. The fraction of sp³-hybridized carbons (Fsp3) is 0.323. The van der Waals surface area contributed by atoms with Crippen LogP contribution in [0.25, 0.3) is 11.4 Å². The van der Waals surface area contributed by atoms with Gasteiger partial charge in [-0.05, 0) is 84.5 Å². The number of nitrogens with one attached hydrogen (secondary N) is 2. The van der Waals surface area contributed by atoms with E-state index in [0.29, 0.717) is 34.4 Å². The van der Waals surface area contributed by atoms with Gasteiger partial charge in [-0.15, -0.1) is 5.10 Å². The van der Waals surface area contributed by atoms with Gasteiger partial charge in [0.25, 0.3) is 5.91 Å². The average Bonchev–Trinajstić information content (AvgIpc) is 3.59. The number of rotatable bonds is 9. The lowest BCUT2D eigenvalue weighted by molar-refractivity contribution is -0.131. The van der Waals surface area contributed by atoms with E-state index in [2.05, 4.69) is 38.3 Å². The van der Waals surface area contributed by atoms with E-state index in [4.69, 9.17) is 23.2 Å². The molecule has 1 heterocycles. The van der Waals surface area contributed by atoms with E-state index in [1.807, 2.05) is 50.4 Å². The monoisotopic (exact) mass is 590 g/mol. The van der Waals surface area contributed by atoms with Crippen molar-refractivity contribution in [3.05, 3.63) is 93.5 Å². The van der Waals surface area contributed by atoms with E-state index in [1.165, 1.54) is 0 Å². The minimum absolute atomic E-state index is 0.0570. The Labute approximate surface area is 249 Å². The molecule has 1 aliphatic carbocycles. The Morgan fingerprint density at radius 2 is 1.66 bits per heavy atom.